The summed E-state index contributed by atoms with van der Waals surface area (Å²) in [5.41, 5.74) is 0.378. The number of aryl methyl sites for hydroxylation is 1. The zero-order valence-electron chi connectivity index (χ0n) is 22.7. The molecule has 0 amide bonds. The Morgan fingerprint density at radius 1 is 0.688 bits per heavy atom. The van der Waals surface area contributed by atoms with E-state index in [4.69, 9.17) is 9.47 Å². The predicted octanol–water partition coefficient (Wildman–Crippen LogP) is 7.48. The van der Waals surface area contributed by atoms with Crippen LogP contribution in [0.1, 0.15) is 116 Å². The van der Waals surface area contributed by atoms with Gasteiger partial charge in [0.15, 0.2) is 0 Å². The van der Waals surface area contributed by atoms with E-state index in [-0.39, 0.29) is 39.4 Å². The summed E-state index contributed by atoms with van der Waals surface area (Å²) in [5.74, 6) is -0.947. The number of carbonyl (C=O) groups excluding carboxylic acids is 2. The molecule has 32 heavy (non-hydrogen) atoms. The zero-order chi connectivity index (χ0) is 25.3. The second-order valence-corrected chi connectivity index (χ2v) is 13.2. The van der Waals surface area contributed by atoms with Gasteiger partial charge in [-0.3, -0.25) is 0 Å². The van der Waals surface area contributed by atoms with Gasteiger partial charge in [0.25, 0.3) is 0 Å². The third kappa shape index (κ3) is 7.08. The number of rotatable bonds is 5. The smallest absolute Gasteiger partial charge is 0.339 e. The molecule has 0 spiro atoms. The van der Waals surface area contributed by atoms with Gasteiger partial charge in [0.1, 0.15) is 12.2 Å². The number of ether oxygens (including phenoxy) is 2. The first kappa shape index (κ1) is 28.2. The molecular weight excluding hydrogens is 400 g/mol. The van der Waals surface area contributed by atoms with Crippen LogP contribution < -0.4 is 0 Å². The van der Waals surface area contributed by atoms with Gasteiger partial charge in [-0.15, -0.1) is 0 Å². The maximum absolute atomic E-state index is 13.5. The highest BCUT2D eigenvalue weighted by Crippen LogP contribution is 2.38. The summed E-state index contributed by atoms with van der Waals surface area (Å²) in [5, 5.41) is 0. The Bertz CT molecular complexity index is 780. The van der Waals surface area contributed by atoms with Crippen molar-refractivity contribution in [1.82, 2.24) is 0 Å². The van der Waals surface area contributed by atoms with Gasteiger partial charge >= 0.3 is 11.9 Å². The first-order valence-electron chi connectivity index (χ1n) is 11.7. The highest BCUT2D eigenvalue weighted by Gasteiger charge is 2.41. The van der Waals surface area contributed by atoms with Crippen molar-refractivity contribution >= 4 is 11.9 Å². The Labute approximate surface area is 196 Å². The lowest BCUT2D eigenvalue weighted by atomic mass is 9.74. The van der Waals surface area contributed by atoms with E-state index in [9.17, 15) is 9.59 Å². The number of benzene rings is 1. The zero-order valence-corrected chi connectivity index (χ0v) is 22.7. The van der Waals surface area contributed by atoms with Gasteiger partial charge in [-0.2, -0.15) is 0 Å². The van der Waals surface area contributed by atoms with Crippen molar-refractivity contribution in [2.75, 3.05) is 0 Å². The molecule has 1 rings (SSSR count). The molecule has 0 N–H and O–H groups in total. The number of hydrogen-bond donors (Lipinski definition) is 0. The van der Waals surface area contributed by atoms with Crippen molar-refractivity contribution in [2.45, 2.75) is 109 Å². The van der Waals surface area contributed by atoms with Crippen molar-refractivity contribution in [3.63, 3.8) is 0 Å². The molecule has 0 heterocycles. The van der Waals surface area contributed by atoms with Gasteiger partial charge in [-0.05, 0) is 39.7 Å². The molecule has 4 nitrogen and oxygen atoms in total. The second-order valence-electron chi connectivity index (χ2n) is 13.2. The summed E-state index contributed by atoms with van der Waals surface area (Å²) < 4.78 is 12.1. The SMILES string of the molecule is CCc1cccc(C(=O)OC(C(C)(C)C)C(C)(C)C)c1C(=O)OC(C(C)(C)C)C(C)(C)C. The lowest BCUT2D eigenvalue weighted by Gasteiger charge is -2.40. The van der Waals surface area contributed by atoms with Crippen LogP contribution in [0, 0.1) is 21.7 Å². The van der Waals surface area contributed by atoms with Crippen molar-refractivity contribution in [2.24, 2.45) is 21.7 Å². The van der Waals surface area contributed by atoms with Crippen LogP contribution in [-0.4, -0.2) is 24.1 Å². The van der Waals surface area contributed by atoms with Crippen LogP contribution in [0.25, 0.3) is 0 Å². The molecule has 1 aromatic rings. The molecule has 0 radical (unpaired) electrons. The van der Waals surface area contributed by atoms with Gasteiger partial charge in [0.05, 0.1) is 11.1 Å². The van der Waals surface area contributed by atoms with Crippen LogP contribution in [0.5, 0.6) is 0 Å². The van der Waals surface area contributed by atoms with Gasteiger partial charge in [0.2, 0.25) is 0 Å². The molecule has 0 bridgehead atoms. The first-order valence-corrected chi connectivity index (χ1v) is 11.7. The molecule has 182 valence electrons. The monoisotopic (exact) mass is 446 g/mol. The maximum Gasteiger partial charge on any atom is 0.339 e. The fraction of sp³-hybridized carbons (Fsp3) is 0.714. The molecule has 0 atom stereocenters. The molecule has 0 fully saturated rings. The predicted molar refractivity (Wildman–Crippen MR) is 132 cm³/mol. The largest absolute Gasteiger partial charge is 0.458 e. The van der Waals surface area contributed by atoms with Crippen LogP contribution in [0.4, 0.5) is 0 Å². The van der Waals surface area contributed by atoms with E-state index in [1.165, 1.54) is 0 Å². The van der Waals surface area contributed by atoms with Crippen LogP contribution in [0.3, 0.4) is 0 Å². The molecule has 0 aliphatic rings. The highest BCUT2D eigenvalue weighted by molar-refractivity contribution is 6.04. The van der Waals surface area contributed by atoms with E-state index < -0.39 is 11.9 Å². The molecule has 0 saturated heterocycles. The molecule has 0 aromatic heterocycles. The van der Waals surface area contributed by atoms with Crippen molar-refractivity contribution in [3.05, 3.63) is 34.9 Å². The lowest BCUT2D eigenvalue weighted by Crippen LogP contribution is -2.43. The van der Waals surface area contributed by atoms with Crippen LogP contribution in [0.2, 0.25) is 0 Å². The molecule has 0 aliphatic carbocycles. The topological polar surface area (TPSA) is 52.6 Å². The Balaban J connectivity index is 3.47. The fourth-order valence-electron chi connectivity index (χ4n) is 4.95. The van der Waals surface area contributed by atoms with Gasteiger partial charge in [0, 0.05) is 0 Å². The summed E-state index contributed by atoms with van der Waals surface area (Å²) >= 11 is 0. The van der Waals surface area contributed by atoms with E-state index in [0.717, 1.165) is 5.56 Å². The minimum atomic E-state index is -0.481. The van der Waals surface area contributed by atoms with Crippen molar-refractivity contribution < 1.29 is 19.1 Å². The van der Waals surface area contributed by atoms with E-state index >= 15 is 0 Å². The summed E-state index contributed by atoms with van der Waals surface area (Å²) in [6.45, 7) is 26.7. The molecule has 0 saturated carbocycles. The van der Waals surface area contributed by atoms with Gasteiger partial charge in [-0.25, -0.2) is 9.59 Å². The molecule has 4 heteroatoms. The van der Waals surface area contributed by atoms with E-state index in [1.54, 1.807) is 12.1 Å². The fourth-order valence-corrected chi connectivity index (χ4v) is 4.95. The Kier molecular flexibility index (Phi) is 8.43. The number of hydrogen-bond acceptors (Lipinski definition) is 4. The van der Waals surface area contributed by atoms with Crippen LogP contribution in [0.15, 0.2) is 18.2 Å². The minimum Gasteiger partial charge on any atom is -0.458 e. The summed E-state index contributed by atoms with van der Waals surface area (Å²) in [6, 6.07) is 5.35. The summed E-state index contributed by atoms with van der Waals surface area (Å²) in [7, 11) is 0. The average Bonchev–Trinajstić information content (AvgIpc) is 2.59. The van der Waals surface area contributed by atoms with E-state index in [0.29, 0.717) is 12.0 Å². The van der Waals surface area contributed by atoms with Crippen molar-refractivity contribution in [3.8, 4) is 0 Å². The molecular formula is C28H46O4. The summed E-state index contributed by atoms with van der Waals surface area (Å²) in [6.07, 6.45) is -0.0369. The molecule has 0 unspecified atom stereocenters. The van der Waals surface area contributed by atoms with Crippen molar-refractivity contribution in [1.29, 1.82) is 0 Å². The van der Waals surface area contributed by atoms with E-state index in [2.05, 4.69) is 83.1 Å². The van der Waals surface area contributed by atoms with Crippen LogP contribution >= 0.6 is 0 Å². The van der Waals surface area contributed by atoms with Gasteiger partial charge < -0.3 is 9.47 Å². The Hall–Kier alpha value is -1.84. The maximum atomic E-state index is 13.5. The quantitative estimate of drug-likeness (QED) is 0.440. The second kappa shape index (κ2) is 9.57. The van der Waals surface area contributed by atoms with Crippen LogP contribution in [-0.2, 0) is 15.9 Å². The van der Waals surface area contributed by atoms with Gasteiger partial charge in [-0.1, -0.05) is 102 Å². The summed E-state index contributed by atoms with van der Waals surface area (Å²) in [4.78, 5) is 26.9. The van der Waals surface area contributed by atoms with E-state index in [1.807, 2.05) is 13.0 Å². The lowest BCUT2D eigenvalue weighted by molar-refractivity contribution is -0.0542. The molecule has 0 aliphatic heterocycles. The first-order chi connectivity index (χ1) is 14.2. The third-order valence-corrected chi connectivity index (χ3v) is 5.55. The minimum absolute atomic E-state index is 0.249. The standard InChI is InChI=1S/C28H46O4/c1-14-18-16-15-17-19(21(29)31-23(25(2,3)4)26(5,6)7)20(18)22(30)32-24(27(8,9)10)28(11,12)13/h15-17,23-24H,14H2,1-13H3. The average molecular weight is 447 g/mol. The molecule has 1 aromatic carbocycles. The Morgan fingerprint density at radius 2 is 1.06 bits per heavy atom. The number of carbonyl (C=O) groups is 2. The third-order valence-electron chi connectivity index (χ3n) is 5.55. The normalized spacial score (nSPS) is 13.5. The Morgan fingerprint density at radius 3 is 1.41 bits per heavy atom. The highest BCUT2D eigenvalue weighted by atomic mass is 16.6. The number of esters is 2.